The van der Waals surface area contributed by atoms with Crippen LogP contribution in [0.25, 0.3) is 5.69 Å². The van der Waals surface area contributed by atoms with Gasteiger partial charge in [-0.05, 0) is 85.7 Å². The standard InChI is InChI=1S/C29H28FN5OS/c1-19-11-12-20(2)24(17-19)32-26(36)13-16-35-28(27(33-29(35)37)23-9-3-4-14-31-23)25-10-6-15-34(25)22-8-5-7-21(30)18-22/h3-12,14-15,17-18,27-28H,13,16H2,1-2H3,(H,32,36)(H,33,37)/t27-,28-/m0/s1. The molecule has 2 atom stereocenters. The van der Waals surface area contributed by atoms with Gasteiger partial charge in [-0.1, -0.05) is 24.3 Å². The molecule has 1 fully saturated rings. The molecule has 5 rings (SSSR count). The Morgan fingerprint density at radius 1 is 1.08 bits per heavy atom. The van der Waals surface area contributed by atoms with E-state index < -0.39 is 0 Å². The first-order chi connectivity index (χ1) is 17.9. The zero-order valence-electron chi connectivity index (χ0n) is 20.7. The molecule has 4 aromatic rings. The van der Waals surface area contributed by atoms with Crippen LogP contribution in [0.4, 0.5) is 10.1 Å². The Bertz CT molecular complexity index is 1440. The lowest BCUT2D eigenvalue weighted by Crippen LogP contribution is -2.33. The van der Waals surface area contributed by atoms with Crippen LogP contribution in [0.3, 0.4) is 0 Å². The Hall–Kier alpha value is -4.04. The summed E-state index contributed by atoms with van der Waals surface area (Å²) in [5.41, 5.74) is 5.38. The molecule has 188 valence electrons. The zero-order valence-corrected chi connectivity index (χ0v) is 21.5. The molecule has 1 saturated heterocycles. The highest BCUT2D eigenvalue weighted by Crippen LogP contribution is 2.39. The van der Waals surface area contributed by atoms with Crippen molar-refractivity contribution >= 4 is 28.9 Å². The second-order valence-corrected chi connectivity index (χ2v) is 9.61. The highest BCUT2D eigenvalue weighted by Gasteiger charge is 2.41. The molecular formula is C29H28FN5OS. The number of nitrogens with one attached hydrogen (secondary N) is 2. The summed E-state index contributed by atoms with van der Waals surface area (Å²) in [6.07, 6.45) is 3.91. The molecule has 3 heterocycles. The van der Waals surface area contributed by atoms with Crippen molar-refractivity contribution in [3.63, 3.8) is 0 Å². The number of carbonyl (C=O) groups is 1. The monoisotopic (exact) mass is 513 g/mol. The number of rotatable bonds is 7. The number of benzene rings is 2. The van der Waals surface area contributed by atoms with Crippen molar-refractivity contribution in [3.8, 4) is 5.69 Å². The number of aromatic nitrogens is 2. The number of hydrogen-bond donors (Lipinski definition) is 2. The number of amides is 1. The van der Waals surface area contributed by atoms with E-state index in [0.29, 0.717) is 17.3 Å². The lowest BCUT2D eigenvalue weighted by atomic mass is 10.0. The average molecular weight is 514 g/mol. The minimum Gasteiger partial charge on any atom is -0.352 e. The van der Waals surface area contributed by atoms with Gasteiger partial charge in [-0.25, -0.2) is 4.39 Å². The smallest absolute Gasteiger partial charge is 0.226 e. The summed E-state index contributed by atoms with van der Waals surface area (Å²) in [4.78, 5) is 19.6. The molecule has 2 aromatic carbocycles. The first-order valence-corrected chi connectivity index (χ1v) is 12.6. The minimum atomic E-state index is -0.307. The summed E-state index contributed by atoms with van der Waals surface area (Å²) in [6, 6.07) is 21.7. The average Bonchev–Trinajstić information content (AvgIpc) is 3.49. The minimum absolute atomic E-state index is 0.0861. The molecule has 8 heteroatoms. The van der Waals surface area contributed by atoms with Crippen LogP contribution in [-0.2, 0) is 4.79 Å². The van der Waals surface area contributed by atoms with Gasteiger partial charge in [0.05, 0.1) is 17.8 Å². The van der Waals surface area contributed by atoms with Gasteiger partial charge in [0.15, 0.2) is 5.11 Å². The van der Waals surface area contributed by atoms with Gasteiger partial charge in [0, 0.05) is 42.4 Å². The maximum Gasteiger partial charge on any atom is 0.226 e. The molecule has 0 unspecified atom stereocenters. The summed E-state index contributed by atoms with van der Waals surface area (Å²) in [6.45, 7) is 4.38. The van der Waals surface area contributed by atoms with E-state index in [1.807, 2.05) is 84.1 Å². The van der Waals surface area contributed by atoms with Gasteiger partial charge in [-0.2, -0.15) is 0 Å². The number of carbonyl (C=O) groups excluding carboxylic acids is 1. The van der Waals surface area contributed by atoms with Crippen LogP contribution in [0.15, 0.2) is 85.2 Å². The lowest BCUT2D eigenvalue weighted by Gasteiger charge is -2.29. The number of aryl methyl sites for hydroxylation is 2. The quantitative estimate of drug-likeness (QED) is 0.314. The Labute approximate surface area is 221 Å². The van der Waals surface area contributed by atoms with Crippen LogP contribution in [0.1, 0.15) is 41.0 Å². The first-order valence-electron chi connectivity index (χ1n) is 12.2. The topological polar surface area (TPSA) is 62.2 Å². The molecule has 0 radical (unpaired) electrons. The van der Waals surface area contributed by atoms with Crippen LogP contribution >= 0.6 is 12.2 Å². The van der Waals surface area contributed by atoms with E-state index >= 15 is 0 Å². The fraction of sp³-hybridized carbons (Fsp3) is 0.207. The van der Waals surface area contributed by atoms with Crippen molar-refractivity contribution in [2.24, 2.45) is 0 Å². The lowest BCUT2D eigenvalue weighted by molar-refractivity contribution is -0.116. The van der Waals surface area contributed by atoms with Crippen LogP contribution in [0.5, 0.6) is 0 Å². The molecule has 1 aliphatic heterocycles. The van der Waals surface area contributed by atoms with Gasteiger partial charge in [0.25, 0.3) is 0 Å². The third-order valence-corrected chi connectivity index (χ3v) is 6.97. The van der Waals surface area contributed by atoms with Crippen LogP contribution in [0.2, 0.25) is 0 Å². The van der Waals surface area contributed by atoms with Crippen LogP contribution in [-0.4, -0.2) is 32.0 Å². The van der Waals surface area contributed by atoms with Crippen molar-refractivity contribution in [1.82, 2.24) is 19.8 Å². The molecular weight excluding hydrogens is 485 g/mol. The van der Waals surface area contributed by atoms with Crippen molar-refractivity contribution in [2.45, 2.75) is 32.4 Å². The van der Waals surface area contributed by atoms with Crippen LogP contribution in [0, 0.1) is 19.7 Å². The molecule has 0 saturated carbocycles. The molecule has 2 N–H and O–H groups in total. The zero-order chi connectivity index (χ0) is 25.9. The van der Waals surface area contributed by atoms with Gasteiger partial charge in [-0.15, -0.1) is 0 Å². The number of anilines is 1. The Balaban J connectivity index is 1.44. The molecule has 37 heavy (non-hydrogen) atoms. The fourth-order valence-corrected chi connectivity index (χ4v) is 5.10. The number of pyridine rings is 1. The number of hydrogen-bond acceptors (Lipinski definition) is 3. The van der Waals surface area contributed by atoms with Gasteiger partial charge in [0.2, 0.25) is 5.91 Å². The van der Waals surface area contributed by atoms with Gasteiger partial charge in [0.1, 0.15) is 5.82 Å². The normalized spacial score (nSPS) is 17.1. The van der Waals surface area contributed by atoms with Crippen molar-refractivity contribution in [2.75, 3.05) is 11.9 Å². The predicted octanol–water partition coefficient (Wildman–Crippen LogP) is 5.63. The Morgan fingerprint density at radius 3 is 2.73 bits per heavy atom. The van der Waals surface area contributed by atoms with Crippen molar-refractivity contribution in [3.05, 3.63) is 114 Å². The summed E-state index contributed by atoms with van der Waals surface area (Å²) in [5, 5.41) is 7.00. The largest absolute Gasteiger partial charge is 0.352 e. The third-order valence-electron chi connectivity index (χ3n) is 6.61. The van der Waals surface area contributed by atoms with E-state index in [-0.39, 0.29) is 30.2 Å². The first kappa shape index (κ1) is 24.6. The predicted molar refractivity (Wildman–Crippen MR) is 147 cm³/mol. The Kier molecular flexibility index (Phi) is 7.01. The van der Waals surface area contributed by atoms with Gasteiger partial charge >= 0.3 is 0 Å². The summed E-state index contributed by atoms with van der Waals surface area (Å²) in [5.74, 6) is -0.393. The molecule has 1 aliphatic rings. The summed E-state index contributed by atoms with van der Waals surface area (Å²) < 4.78 is 16.0. The number of thiocarbonyl (C=S) groups is 1. The molecule has 0 spiro atoms. The van der Waals surface area contributed by atoms with E-state index in [1.165, 1.54) is 12.1 Å². The molecule has 2 aromatic heterocycles. The summed E-state index contributed by atoms with van der Waals surface area (Å²) >= 11 is 5.75. The SMILES string of the molecule is Cc1ccc(C)c(NC(=O)CCN2C(=S)N[C@@H](c3ccccn3)[C@@H]2c2cccn2-c2cccc(F)c2)c1. The van der Waals surface area contributed by atoms with E-state index in [1.54, 1.807) is 12.3 Å². The Morgan fingerprint density at radius 2 is 1.95 bits per heavy atom. The molecule has 0 aliphatic carbocycles. The summed E-state index contributed by atoms with van der Waals surface area (Å²) in [7, 11) is 0. The number of nitrogens with zero attached hydrogens (tertiary/aromatic N) is 3. The van der Waals surface area contributed by atoms with E-state index in [9.17, 15) is 9.18 Å². The highest BCUT2D eigenvalue weighted by atomic mass is 32.1. The van der Waals surface area contributed by atoms with E-state index in [0.717, 1.165) is 28.2 Å². The van der Waals surface area contributed by atoms with Crippen molar-refractivity contribution < 1.29 is 9.18 Å². The van der Waals surface area contributed by atoms with E-state index in [4.69, 9.17) is 12.2 Å². The second kappa shape index (κ2) is 10.5. The third kappa shape index (κ3) is 5.24. The molecule has 6 nitrogen and oxygen atoms in total. The maximum atomic E-state index is 14.1. The van der Waals surface area contributed by atoms with E-state index in [2.05, 4.69) is 15.6 Å². The van der Waals surface area contributed by atoms with Gasteiger partial charge in [-0.3, -0.25) is 9.78 Å². The van der Waals surface area contributed by atoms with Crippen LogP contribution < -0.4 is 10.6 Å². The number of halogens is 1. The molecule has 1 amide bonds. The van der Waals surface area contributed by atoms with Crippen molar-refractivity contribution in [1.29, 1.82) is 0 Å². The molecule has 0 bridgehead atoms. The maximum absolute atomic E-state index is 14.1. The highest BCUT2D eigenvalue weighted by molar-refractivity contribution is 7.80. The second-order valence-electron chi connectivity index (χ2n) is 9.22. The fourth-order valence-electron chi connectivity index (χ4n) is 4.77. The van der Waals surface area contributed by atoms with Gasteiger partial charge < -0.3 is 20.1 Å².